The fourth-order valence-corrected chi connectivity index (χ4v) is 5.77. The first kappa shape index (κ1) is 39.0. The smallest absolute Gasteiger partial charge is 0.417 e. The molecule has 1 unspecified atom stereocenters. The van der Waals surface area contributed by atoms with Crippen LogP contribution in [0.15, 0.2) is 66.7 Å². The normalized spacial score (nSPS) is 14.7. The molecule has 1 fully saturated rings. The lowest BCUT2D eigenvalue weighted by atomic mass is 9.98. The summed E-state index contributed by atoms with van der Waals surface area (Å²) in [5.74, 6) is -0.123. The van der Waals surface area contributed by atoms with Gasteiger partial charge in [0.2, 0.25) is 0 Å². The number of nitrogens with one attached hydrogen (secondary N) is 1. The van der Waals surface area contributed by atoms with Gasteiger partial charge < -0.3 is 19.2 Å². The number of likely N-dealkylation sites (N-methyl/N-ethyl adjacent to an activating group) is 1. The van der Waals surface area contributed by atoms with Crippen molar-refractivity contribution in [3.8, 4) is 22.9 Å². The highest BCUT2D eigenvalue weighted by Gasteiger charge is 2.38. The summed E-state index contributed by atoms with van der Waals surface area (Å²) >= 11 is 5.04. The number of hydrazine groups is 1. The Balaban J connectivity index is 1.26. The number of carbonyl (C=O) groups excluding carboxylic acids is 3. The molecule has 10 nitrogen and oxygen atoms in total. The van der Waals surface area contributed by atoms with Crippen LogP contribution in [0.1, 0.15) is 50.7 Å². The summed E-state index contributed by atoms with van der Waals surface area (Å²) in [6, 6.07) is 19.4. The van der Waals surface area contributed by atoms with Crippen LogP contribution in [0.4, 0.5) is 24.5 Å². The Bertz CT molecular complexity index is 1730. The number of anilines is 2. The monoisotopic (exact) mass is 723 g/mol. The van der Waals surface area contributed by atoms with E-state index in [1.54, 1.807) is 30.8 Å². The number of rotatable bonds is 16. The van der Waals surface area contributed by atoms with Crippen molar-refractivity contribution in [2.24, 2.45) is 0 Å². The maximum atomic E-state index is 13.7. The van der Waals surface area contributed by atoms with Gasteiger partial charge in [0.05, 0.1) is 35.3 Å². The lowest BCUT2D eigenvalue weighted by molar-refractivity contribution is -0.138. The molecule has 3 aromatic carbocycles. The molecule has 14 heteroatoms. The van der Waals surface area contributed by atoms with Crippen LogP contribution in [-0.4, -0.2) is 73.6 Å². The van der Waals surface area contributed by atoms with Gasteiger partial charge >= 0.3 is 6.18 Å². The van der Waals surface area contributed by atoms with E-state index in [0.29, 0.717) is 37.6 Å². The van der Waals surface area contributed by atoms with Crippen molar-refractivity contribution in [3.05, 3.63) is 77.9 Å². The summed E-state index contributed by atoms with van der Waals surface area (Å²) in [6.45, 7) is 4.77. The second kappa shape index (κ2) is 17.4. The van der Waals surface area contributed by atoms with Crippen molar-refractivity contribution in [1.82, 2.24) is 10.4 Å². The van der Waals surface area contributed by atoms with E-state index >= 15 is 0 Å². The number of hydrogen-bond donors (Lipinski definition) is 1. The minimum Gasteiger partial charge on any atom is -0.494 e. The molecule has 0 aromatic heterocycles. The Morgan fingerprint density at radius 2 is 1.65 bits per heavy atom. The number of benzene rings is 3. The number of alkyl halides is 3. The van der Waals surface area contributed by atoms with Crippen molar-refractivity contribution in [1.29, 1.82) is 5.26 Å². The highest BCUT2D eigenvalue weighted by atomic mass is 32.1. The molecule has 0 saturated carbocycles. The molecule has 51 heavy (non-hydrogen) atoms. The Morgan fingerprint density at radius 3 is 2.25 bits per heavy atom. The van der Waals surface area contributed by atoms with E-state index in [4.69, 9.17) is 27.0 Å². The third-order valence-corrected chi connectivity index (χ3v) is 8.96. The molecule has 0 bridgehead atoms. The minimum absolute atomic E-state index is 0.0706. The van der Waals surface area contributed by atoms with Crippen LogP contribution in [0.2, 0.25) is 0 Å². The number of carbonyl (C=O) groups is 3. The third-order valence-electron chi connectivity index (χ3n) is 8.75. The first-order valence-electron chi connectivity index (χ1n) is 16.4. The molecule has 1 atom stereocenters. The number of unbranched alkanes of at least 4 members (excludes halogenated alkanes) is 1. The van der Waals surface area contributed by atoms with Gasteiger partial charge in [-0.2, -0.15) is 18.4 Å². The van der Waals surface area contributed by atoms with E-state index in [0.717, 1.165) is 59.2 Å². The van der Waals surface area contributed by atoms with Gasteiger partial charge in [0.1, 0.15) is 24.2 Å². The zero-order valence-corrected chi connectivity index (χ0v) is 29.4. The number of thiocarbonyl (C=S) groups is 1. The van der Waals surface area contributed by atoms with Crippen LogP contribution in [0.25, 0.3) is 11.1 Å². The van der Waals surface area contributed by atoms with E-state index in [9.17, 15) is 27.6 Å². The number of halogens is 3. The predicted octanol–water partition coefficient (Wildman–Crippen LogP) is 6.32. The molecule has 1 heterocycles. The van der Waals surface area contributed by atoms with E-state index in [1.165, 1.54) is 12.1 Å². The summed E-state index contributed by atoms with van der Waals surface area (Å²) in [6.07, 6.45) is -0.875. The summed E-state index contributed by atoms with van der Waals surface area (Å²) in [5, 5.41) is 10.8. The Kier molecular flexibility index (Phi) is 13.3. The largest absolute Gasteiger partial charge is 0.494 e. The maximum Gasteiger partial charge on any atom is 0.417 e. The third kappa shape index (κ3) is 9.90. The molecule has 270 valence electrons. The fraction of sp³-hybridized carbons (Fsp3) is 0.378. The predicted molar refractivity (Wildman–Crippen MR) is 191 cm³/mol. The number of nitrogens with zero attached hydrogens (tertiary/aromatic N) is 4. The lowest BCUT2D eigenvalue weighted by Crippen LogP contribution is -2.55. The molecule has 3 aromatic rings. The first-order valence-corrected chi connectivity index (χ1v) is 16.8. The first-order chi connectivity index (χ1) is 24.3. The van der Waals surface area contributed by atoms with Crippen molar-refractivity contribution >= 4 is 47.2 Å². The van der Waals surface area contributed by atoms with Crippen molar-refractivity contribution in [3.63, 3.8) is 0 Å². The molecular weight excluding hydrogens is 683 g/mol. The number of amides is 2. The Hall–Kier alpha value is -4.84. The molecule has 0 aliphatic carbocycles. The van der Waals surface area contributed by atoms with Crippen molar-refractivity contribution < 1.29 is 37.0 Å². The number of aldehydes is 1. The summed E-state index contributed by atoms with van der Waals surface area (Å²) in [4.78, 5) is 39.4. The molecule has 2 amide bonds. The van der Waals surface area contributed by atoms with Gasteiger partial charge in [-0.1, -0.05) is 36.5 Å². The molecule has 1 aliphatic heterocycles. The van der Waals surface area contributed by atoms with Crippen molar-refractivity contribution in [2.75, 3.05) is 43.2 Å². The maximum absolute atomic E-state index is 13.7. The van der Waals surface area contributed by atoms with Gasteiger partial charge in [-0.15, -0.1) is 0 Å². The van der Waals surface area contributed by atoms with E-state index < -0.39 is 28.7 Å². The second-order valence-electron chi connectivity index (χ2n) is 12.5. The van der Waals surface area contributed by atoms with Crippen LogP contribution in [0, 0.1) is 11.3 Å². The van der Waals surface area contributed by atoms with Crippen LogP contribution < -0.4 is 20.0 Å². The number of hydrogen-bond acceptors (Lipinski definition) is 9. The molecule has 4 rings (SSSR count). The van der Waals surface area contributed by atoms with E-state index in [-0.39, 0.29) is 24.2 Å². The van der Waals surface area contributed by atoms with Crippen molar-refractivity contribution in [2.45, 2.75) is 57.3 Å². The van der Waals surface area contributed by atoms with E-state index in [1.807, 2.05) is 48.5 Å². The average Bonchev–Trinajstić information content (AvgIpc) is 3.57. The highest BCUT2D eigenvalue weighted by Crippen LogP contribution is 2.35. The van der Waals surface area contributed by atoms with Crippen LogP contribution in [0.3, 0.4) is 0 Å². The molecule has 0 spiro atoms. The zero-order valence-electron chi connectivity index (χ0n) is 28.6. The summed E-state index contributed by atoms with van der Waals surface area (Å²) < 4.78 is 52.1. The van der Waals surface area contributed by atoms with Gasteiger partial charge in [-0.25, -0.2) is 5.01 Å². The highest BCUT2D eigenvalue weighted by molar-refractivity contribution is 7.79. The van der Waals surface area contributed by atoms with Gasteiger partial charge in [0, 0.05) is 31.6 Å². The Labute approximate surface area is 300 Å². The standard InChI is InChI=1S/C37H40F3N5O5S/c1-36(2,35(48)44(25-51)30-15-10-28(22-41)33(21-30)37(38,39)40)43(3)29-13-8-26(9-14-29)27-11-16-32(17-12-27)50-20-5-4-19-49-24-34(47)42-45-18-6-7-31(45)23-46/h8-17,21,23,25,31H,4-7,18-20,24H2,1-3H3,(H,42,47). The summed E-state index contributed by atoms with van der Waals surface area (Å²) in [7, 11) is 1.71. The van der Waals surface area contributed by atoms with Gasteiger partial charge in [0.25, 0.3) is 11.8 Å². The quantitative estimate of drug-likeness (QED) is 0.103. The topological polar surface area (TPSA) is 115 Å². The van der Waals surface area contributed by atoms with Gasteiger partial charge in [-0.05, 0) is 93.1 Å². The average molecular weight is 724 g/mol. The zero-order chi connectivity index (χ0) is 37.2. The van der Waals surface area contributed by atoms with Gasteiger partial charge in [0.15, 0.2) is 0 Å². The SMILES string of the molecule is CN(c1ccc(-c2ccc(OCCCCOCC(=O)NN3CCCC3C=O)cc2)cc1)C(C)(C)C(=O)N(C=S)c1ccc(C#N)c(C(F)(F)F)c1. The molecule has 1 aliphatic rings. The van der Waals surface area contributed by atoms with Crippen LogP contribution >= 0.6 is 12.2 Å². The van der Waals surface area contributed by atoms with Gasteiger partial charge in [-0.3, -0.25) is 19.9 Å². The van der Waals surface area contributed by atoms with Crippen LogP contribution in [-0.2, 0) is 25.3 Å². The van der Waals surface area contributed by atoms with E-state index in [2.05, 4.69) is 5.43 Å². The summed E-state index contributed by atoms with van der Waals surface area (Å²) in [5.41, 5.74) is 3.26. The van der Waals surface area contributed by atoms with Crippen LogP contribution in [0.5, 0.6) is 5.75 Å². The molecule has 0 radical (unpaired) electrons. The molecule has 1 saturated heterocycles. The minimum atomic E-state index is -4.78. The second-order valence-corrected chi connectivity index (χ2v) is 12.7. The fourth-order valence-electron chi connectivity index (χ4n) is 5.55. The molecular formula is C37H40F3N5O5S. The Morgan fingerprint density at radius 1 is 1.02 bits per heavy atom. The molecule has 1 N–H and O–H groups in total. The lowest BCUT2D eigenvalue weighted by Gasteiger charge is -2.38. The number of ether oxygens (including phenoxy) is 2. The number of nitriles is 1.